The van der Waals surface area contributed by atoms with Gasteiger partial charge in [-0.15, -0.1) is 23.1 Å². The molecule has 8 nitrogen and oxygen atoms in total. The first-order valence-corrected chi connectivity index (χ1v) is 13.1. The Morgan fingerprint density at radius 3 is 2.19 bits per heavy atom. The maximum absolute atomic E-state index is 12.9. The fraction of sp³-hybridized carbons (Fsp3) is 0.150. The maximum Gasteiger partial charge on any atom is 0.236 e. The topological polar surface area (TPSA) is 117 Å². The van der Waals surface area contributed by atoms with E-state index in [1.165, 1.54) is 35.6 Å². The van der Waals surface area contributed by atoms with Gasteiger partial charge in [-0.3, -0.25) is 14.3 Å². The van der Waals surface area contributed by atoms with E-state index in [2.05, 4.69) is 20.3 Å². The van der Waals surface area contributed by atoms with Gasteiger partial charge in [0.25, 0.3) is 0 Å². The molecule has 0 saturated carbocycles. The van der Waals surface area contributed by atoms with Crippen LogP contribution in [0.3, 0.4) is 0 Å². The highest BCUT2D eigenvalue weighted by atomic mass is 32.2. The summed E-state index contributed by atoms with van der Waals surface area (Å²) in [6.07, 6.45) is 1.08. The molecular formula is C20H19FN4O4S3. The van der Waals surface area contributed by atoms with Gasteiger partial charge in [0.2, 0.25) is 21.8 Å². The monoisotopic (exact) mass is 494 g/mol. The van der Waals surface area contributed by atoms with Crippen molar-refractivity contribution in [1.29, 1.82) is 0 Å². The number of carbonyl (C=O) groups excluding carboxylic acids is 2. The van der Waals surface area contributed by atoms with E-state index in [9.17, 15) is 22.4 Å². The van der Waals surface area contributed by atoms with Crippen LogP contribution >= 0.6 is 23.1 Å². The fourth-order valence-corrected chi connectivity index (χ4v) is 4.43. The minimum absolute atomic E-state index is 0.0671. The van der Waals surface area contributed by atoms with Gasteiger partial charge in [0, 0.05) is 22.3 Å². The first-order valence-electron chi connectivity index (χ1n) is 9.15. The van der Waals surface area contributed by atoms with Gasteiger partial charge < -0.3 is 10.6 Å². The molecule has 168 valence electrons. The zero-order valence-corrected chi connectivity index (χ0v) is 19.2. The minimum atomic E-state index is -3.35. The summed E-state index contributed by atoms with van der Waals surface area (Å²) in [5.41, 5.74) is 2.34. The number of amides is 2. The van der Waals surface area contributed by atoms with Crippen molar-refractivity contribution >= 4 is 61.4 Å². The number of thioether (sulfide) groups is 1. The lowest BCUT2D eigenvalue weighted by Gasteiger charge is -2.05. The van der Waals surface area contributed by atoms with Crippen molar-refractivity contribution in [2.75, 3.05) is 33.1 Å². The summed E-state index contributed by atoms with van der Waals surface area (Å²) < 4.78 is 37.8. The number of carbonyl (C=O) groups is 2. The van der Waals surface area contributed by atoms with Gasteiger partial charge in [-0.2, -0.15) is 0 Å². The van der Waals surface area contributed by atoms with Crippen LogP contribution in [0.1, 0.15) is 0 Å². The van der Waals surface area contributed by atoms with Crippen LogP contribution in [-0.4, -0.2) is 43.0 Å². The van der Waals surface area contributed by atoms with Gasteiger partial charge in [-0.25, -0.2) is 17.8 Å². The molecule has 1 aromatic heterocycles. The van der Waals surface area contributed by atoms with E-state index < -0.39 is 10.0 Å². The molecule has 3 N–H and O–H groups in total. The number of hydrogen-bond acceptors (Lipinski definition) is 7. The van der Waals surface area contributed by atoms with Crippen LogP contribution < -0.4 is 15.4 Å². The summed E-state index contributed by atoms with van der Waals surface area (Å²) in [6, 6.07) is 12.1. The van der Waals surface area contributed by atoms with Crippen molar-refractivity contribution in [3.63, 3.8) is 0 Å². The normalized spacial score (nSPS) is 11.1. The summed E-state index contributed by atoms with van der Waals surface area (Å²) in [7, 11) is -3.35. The molecule has 0 fully saturated rings. The fourth-order valence-electron chi connectivity index (χ4n) is 2.51. The van der Waals surface area contributed by atoms with E-state index in [-0.39, 0.29) is 29.1 Å². The molecule has 0 atom stereocenters. The molecule has 32 heavy (non-hydrogen) atoms. The average molecular weight is 495 g/mol. The number of nitrogens with zero attached hydrogens (tertiary/aromatic N) is 1. The zero-order valence-electron chi connectivity index (χ0n) is 16.8. The molecule has 0 aliphatic carbocycles. The Hall–Kier alpha value is -2.96. The van der Waals surface area contributed by atoms with Gasteiger partial charge in [-0.1, -0.05) is 12.1 Å². The van der Waals surface area contributed by atoms with Crippen LogP contribution in [-0.2, 0) is 19.6 Å². The molecule has 0 spiro atoms. The highest BCUT2D eigenvalue weighted by molar-refractivity contribution is 8.00. The molecule has 3 aromatic rings. The molecule has 0 saturated heterocycles. The highest BCUT2D eigenvalue weighted by Gasteiger charge is 2.10. The summed E-state index contributed by atoms with van der Waals surface area (Å²) in [5.74, 6) is -0.836. The van der Waals surface area contributed by atoms with E-state index in [1.807, 2.05) is 0 Å². The molecule has 3 rings (SSSR count). The Balaban J connectivity index is 1.45. The molecule has 0 radical (unpaired) electrons. The number of nitrogens with one attached hydrogen (secondary N) is 3. The smallest absolute Gasteiger partial charge is 0.236 e. The molecule has 0 aliphatic rings. The SMILES string of the molecule is CS(=O)(=O)Nc1ccc(-c2csc(NC(=O)CSCC(=O)Nc3ccc(F)cc3)n2)cc1. The quantitative estimate of drug-likeness (QED) is 0.418. The molecule has 2 aromatic carbocycles. The molecule has 0 bridgehead atoms. The van der Waals surface area contributed by atoms with Crippen LogP contribution in [0, 0.1) is 5.82 Å². The van der Waals surface area contributed by atoms with Crippen molar-refractivity contribution in [3.05, 3.63) is 59.7 Å². The number of rotatable bonds is 9. The van der Waals surface area contributed by atoms with E-state index in [0.717, 1.165) is 23.6 Å². The first kappa shape index (κ1) is 23.7. The molecule has 1 heterocycles. The Labute approximate surface area is 192 Å². The number of benzene rings is 2. The number of thiazole rings is 1. The van der Waals surface area contributed by atoms with E-state index >= 15 is 0 Å². The van der Waals surface area contributed by atoms with Crippen LogP contribution in [0.25, 0.3) is 11.3 Å². The van der Waals surface area contributed by atoms with Crippen molar-refractivity contribution in [1.82, 2.24) is 4.98 Å². The Morgan fingerprint density at radius 2 is 1.56 bits per heavy atom. The molecule has 12 heteroatoms. The predicted octanol–water partition coefficient (Wildman–Crippen LogP) is 3.63. The number of aromatic nitrogens is 1. The summed E-state index contributed by atoms with van der Waals surface area (Å²) in [4.78, 5) is 28.4. The number of anilines is 3. The lowest BCUT2D eigenvalue weighted by Crippen LogP contribution is -2.18. The second-order valence-corrected chi connectivity index (χ2v) is 10.2. The lowest BCUT2D eigenvalue weighted by molar-refractivity contribution is -0.114. The third kappa shape index (κ3) is 7.62. The van der Waals surface area contributed by atoms with Crippen LogP contribution in [0.2, 0.25) is 0 Å². The highest BCUT2D eigenvalue weighted by Crippen LogP contribution is 2.26. The van der Waals surface area contributed by atoms with Crippen LogP contribution in [0.4, 0.5) is 20.9 Å². The van der Waals surface area contributed by atoms with E-state index in [1.54, 1.807) is 29.6 Å². The number of sulfonamides is 1. The van der Waals surface area contributed by atoms with Crippen molar-refractivity contribution in [2.45, 2.75) is 0 Å². The standard InChI is InChI=1S/C20H19FN4O4S3/c1-32(28,29)25-16-6-2-13(3-7-16)17-10-31-20(23-17)24-19(27)12-30-11-18(26)22-15-8-4-14(21)5-9-15/h2-10,25H,11-12H2,1H3,(H,22,26)(H,23,24,27). The Morgan fingerprint density at radius 1 is 0.969 bits per heavy atom. The Kier molecular flexibility index (Phi) is 7.83. The van der Waals surface area contributed by atoms with Gasteiger partial charge in [0.05, 0.1) is 23.5 Å². The summed E-state index contributed by atoms with van der Waals surface area (Å²) >= 11 is 2.40. The van der Waals surface area contributed by atoms with Crippen LogP contribution in [0.5, 0.6) is 0 Å². The molecule has 0 aliphatic heterocycles. The summed E-state index contributed by atoms with van der Waals surface area (Å²) in [5, 5.41) is 7.50. The summed E-state index contributed by atoms with van der Waals surface area (Å²) in [6.45, 7) is 0. The molecule has 2 amide bonds. The second kappa shape index (κ2) is 10.6. The van der Waals surface area contributed by atoms with E-state index in [0.29, 0.717) is 22.2 Å². The van der Waals surface area contributed by atoms with Crippen LogP contribution in [0.15, 0.2) is 53.9 Å². The van der Waals surface area contributed by atoms with E-state index in [4.69, 9.17) is 0 Å². The van der Waals surface area contributed by atoms with Crippen molar-refractivity contribution < 1.29 is 22.4 Å². The predicted molar refractivity (Wildman–Crippen MR) is 127 cm³/mol. The van der Waals surface area contributed by atoms with Gasteiger partial charge in [0.15, 0.2) is 5.13 Å². The second-order valence-electron chi connectivity index (χ2n) is 6.59. The average Bonchev–Trinajstić information content (AvgIpc) is 3.17. The van der Waals surface area contributed by atoms with Crippen molar-refractivity contribution in [3.8, 4) is 11.3 Å². The van der Waals surface area contributed by atoms with Gasteiger partial charge in [-0.05, 0) is 36.4 Å². The molecular weight excluding hydrogens is 475 g/mol. The third-order valence-corrected chi connectivity index (χ3v) is 6.13. The zero-order chi connectivity index (χ0) is 23.1. The molecule has 0 unspecified atom stereocenters. The number of halogens is 1. The minimum Gasteiger partial charge on any atom is -0.325 e. The van der Waals surface area contributed by atoms with Gasteiger partial charge >= 0.3 is 0 Å². The van der Waals surface area contributed by atoms with Crippen molar-refractivity contribution in [2.24, 2.45) is 0 Å². The number of hydrogen-bond donors (Lipinski definition) is 3. The largest absolute Gasteiger partial charge is 0.325 e. The maximum atomic E-state index is 12.9. The Bertz CT molecular complexity index is 1200. The van der Waals surface area contributed by atoms with Gasteiger partial charge in [0.1, 0.15) is 5.82 Å². The third-order valence-electron chi connectivity index (χ3n) is 3.83. The lowest BCUT2D eigenvalue weighted by atomic mass is 10.1. The first-order chi connectivity index (χ1) is 15.2.